The minimum atomic E-state index is -3.44. The molecule has 0 aliphatic heterocycles. The van der Waals surface area contributed by atoms with Crippen molar-refractivity contribution < 1.29 is 8.42 Å². The first-order chi connectivity index (χ1) is 7.33. The largest absolute Gasteiger partial charge is 0.281 e. The van der Waals surface area contributed by atoms with Crippen LogP contribution in [0, 0.1) is 12.8 Å². The van der Waals surface area contributed by atoms with E-state index in [1.807, 2.05) is 6.92 Å². The Hall–Kier alpha value is -0.880. The summed E-state index contributed by atoms with van der Waals surface area (Å²) in [5, 5.41) is 6.33. The Balaban J connectivity index is 2.77. The summed E-state index contributed by atoms with van der Waals surface area (Å²) in [4.78, 5) is 0.225. The van der Waals surface area contributed by atoms with Crippen LogP contribution < -0.4 is 4.72 Å². The molecule has 0 fully saturated rings. The fourth-order valence-electron chi connectivity index (χ4n) is 1.69. The molecule has 0 bridgehead atoms. The maximum atomic E-state index is 11.9. The highest BCUT2D eigenvalue weighted by molar-refractivity contribution is 7.89. The van der Waals surface area contributed by atoms with Crippen LogP contribution in [0.5, 0.6) is 0 Å². The summed E-state index contributed by atoms with van der Waals surface area (Å²) in [6.07, 6.45) is 2.15. The van der Waals surface area contributed by atoms with Gasteiger partial charge in [0.2, 0.25) is 10.0 Å². The number of aromatic nitrogens is 2. The number of hydrogen-bond acceptors (Lipinski definition) is 3. The molecule has 0 spiro atoms. The monoisotopic (exact) mass is 245 g/mol. The summed E-state index contributed by atoms with van der Waals surface area (Å²) in [6, 6.07) is -0.0701. The van der Waals surface area contributed by atoms with E-state index in [4.69, 9.17) is 0 Å². The summed E-state index contributed by atoms with van der Waals surface area (Å²) in [7, 11) is -3.44. The molecule has 16 heavy (non-hydrogen) atoms. The zero-order chi connectivity index (χ0) is 12.3. The van der Waals surface area contributed by atoms with Gasteiger partial charge < -0.3 is 0 Å². The number of aryl methyl sites for hydroxylation is 1. The van der Waals surface area contributed by atoms with Crippen LogP contribution in [0.3, 0.4) is 0 Å². The highest BCUT2D eigenvalue weighted by atomic mass is 32.2. The van der Waals surface area contributed by atoms with Crippen molar-refractivity contribution in [2.24, 2.45) is 5.92 Å². The van der Waals surface area contributed by atoms with E-state index < -0.39 is 10.0 Å². The third-order valence-electron chi connectivity index (χ3n) is 2.25. The molecule has 0 saturated heterocycles. The first-order valence-corrected chi connectivity index (χ1v) is 6.83. The zero-order valence-electron chi connectivity index (χ0n) is 10.1. The molecule has 1 heterocycles. The molecule has 5 nitrogen and oxygen atoms in total. The highest BCUT2D eigenvalue weighted by Crippen LogP contribution is 2.13. The van der Waals surface area contributed by atoms with Crippen LogP contribution in [0.1, 0.15) is 32.9 Å². The van der Waals surface area contributed by atoms with E-state index >= 15 is 0 Å². The maximum Gasteiger partial charge on any atom is 0.244 e. The van der Waals surface area contributed by atoms with Gasteiger partial charge in [-0.1, -0.05) is 13.8 Å². The lowest BCUT2D eigenvalue weighted by atomic mass is 10.1. The summed E-state index contributed by atoms with van der Waals surface area (Å²) in [5.41, 5.74) is 0.559. The molecule has 1 atom stereocenters. The van der Waals surface area contributed by atoms with Crippen LogP contribution in [-0.2, 0) is 10.0 Å². The van der Waals surface area contributed by atoms with E-state index in [1.54, 1.807) is 6.92 Å². The van der Waals surface area contributed by atoms with Gasteiger partial charge in [0.15, 0.2) is 0 Å². The Kier molecular flexibility index (Phi) is 4.09. The lowest BCUT2D eigenvalue weighted by Crippen LogP contribution is -2.33. The van der Waals surface area contributed by atoms with E-state index in [-0.39, 0.29) is 10.9 Å². The van der Waals surface area contributed by atoms with Crippen LogP contribution >= 0.6 is 0 Å². The molecular weight excluding hydrogens is 226 g/mol. The molecule has 2 N–H and O–H groups in total. The van der Waals surface area contributed by atoms with Gasteiger partial charge in [-0.2, -0.15) is 5.10 Å². The van der Waals surface area contributed by atoms with Crippen molar-refractivity contribution in [2.45, 2.75) is 45.1 Å². The topological polar surface area (TPSA) is 74.8 Å². The fourth-order valence-corrected chi connectivity index (χ4v) is 3.09. The van der Waals surface area contributed by atoms with Crippen molar-refractivity contribution in [1.29, 1.82) is 0 Å². The maximum absolute atomic E-state index is 11.9. The molecule has 0 aliphatic carbocycles. The smallest absolute Gasteiger partial charge is 0.244 e. The number of aromatic amines is 1. The average Bonchev–Trinajstić information content (AvgIpc) is 2.48. The Labute approximate surface area is 96.7 Å². The van der Waals surface area contributed by atoms with Crippen molar-refractivity contribution in [3.63, 3.8) is 0 Å². The minimum absolute atomic E-state index is 0.0701. The second kappa shape index (κ2) is 4.97. The van der Waals surface area contributed by atoms with Gasteiger partial charge in [0, 0.05) is 6.04 Å². The first kappa shape index (κ1) is 13.2. The Morgan fingerprint density at radius 2 is 2.06 bits per heavy atom. The number of nitrogens with zero attached hydrogens (tertiary/aromatic N) is 1. The molecule has 0 aliphatic rings. The van der Waals surface area contributed by atoms with E-state index in [0.29, 0.717) is 11.6 Å². The number of rotatable bonds is 5. The van der Waals surface area contributed by atoms with Crippen molar-refractivity contribution in [1.82, 2.24) is 14.9 Å². The van der Waals surface area contributed by atoms with Crippen LogP contribution in [0.2, 0.25) is 0 Å². The lowest BCUT2D eigenvalue weighted by Gasteiger charge is -2.15. The third kappa shape index (κ3) is 3.31. The standard InChI is InChI=1S/C10H19N3O2S/c1-7(2)5-8(3)13-16(14,15)10-6-11-12-9(10)4/h6-8,13H,5H2,1-4H3,(H,11,12). The van der Waals surface area contributed by atoms with Crippen LogP contribution in [0.25, 0.3) is 0 Å². The van der Waals surface area contributed by atoms with Gasteiger partial charge in [-0.15, -0.1) is 0 Å². The molecule has 0 aromatic carbocycles. The number of hydrogen-bond donors (Lipinski definition) is 2. The number of sulfonamides is 1. The first-order valence-electron chi connectivity index (χ1n) is 5.35. The number of nitrogens with one attached hydrogen (secondary N) is 2. The average molecular weight is 245 g/mol. The van der Waals surface area contributed by atoms with Gasteiger partial charge in [0.25, 0.3) is 0 Å². The van der Waals surface area contributed by atoms with E-state index in [0.717, 1.165) is 6.42 Å². The molecule has 1 aromatic rings. The molecule has 92 valence electrons. The van der Waals surface area contributed by atoms with Gasteiger partial charge >= 0.3 is 0 Å². The predicted octanol–water partition coefficient (Wildman–Crippen LogP) is 1.43. The van der Waals surface area contributed by atoms with Gasteiger partial charge in [-0.3, -0.25) is 5.10 Å². The van der Waals surface area contributed by atoms with Crippen LogP contribution in [0.15, 0.2) is 11.1 Å². The molecule has 1 aromatic heterocycles. The molecular formula is C10H19N3O2S. The third-order valence-corrected chi connectivity index (χ3v) is 3.96. The Morgan fingerprint density at radius 3 is 2.50 bits per heavy atom. The Morgan fingerprint density at radius 1 is 1.44 bits per heavy atom. The van der Waals surface area contributed by atoms with E-state index in [1.165, 1.54) is 6.20 Å². The second-order valence-corrected chi connectivity index (χ2v) is 6.19. The van der Waals surface area contributed by atoms with Crippen molar-refractivity contribution in [3.05, 3.63) is 11.9 Å². The molecule has 6 heteroatoms. The van der Waals surface area contributed by atoms with Crippen LogP contribution in [-0.4, -0.2) is 24.7 Å². The predicted molar refractivity (Wildman–Crippen MR) is 62.6 cm³/mol. The van der Waals surface area contributed by atoms with Gasteiger partial charge in [0.05, 0.1) is 11.9 Å². The molecule has 0 amide bonds. The Bertz CT molecular complexity index is 437. The summed E-state index contributed by atoms with van der Waals surface area (Å²) < 4.78 is 26.5. The fraction of sp³-hybridized carbons (Fsp3) is 0.700. The zero-order valence-corrected chi connectivity index (χ0v) is 10.9. The minimum Gasteiger partial charge on any atom is -0.281 e. The lowest BCUT2D eigenvalue weighted by molar-refractivity contribution is 0.482. The number of H-pyrrole nitrogens is 1. The van der Waals surface area contributed by atoms with Crippen molar-refractivity contribution in [2.75, 3.05) is 0 Å². The quantitative estimate of drug-likeness (QED) is 0.824. The SMILES string of the molecule is Cc1[nH]ncc1S(=O)(=O)NC(C)CC(C)C. The van der Waals surface area contributed by atoms with Gasteiger partial charge in [-0.25, -0.2) is 13.1 Å². The summed E-state index contributed by atoms with van der Waals surface area (Å²) in [6.45, 7) is 7.68. The van der Waals surface area contributed by atoms with Crippen LogP contribution in [0.4, 0.5) is 0 Å². The van der Waals surface area contributed by atoms with E-state index in [9.17, 15) is 8.42 Å². The van der Waals surface area contributed by atoms with Gasteiger partial charge in [0.1, 0.15) is 4.90 Å². The molecule has 1 unspecified atom stereocenters. The highest BCUT2D eigenvalue weighted by Gasteiger charge is 2.21. The molecule has 1 rings (SSSR count). The summed E-state index contributed by atoms with van der Waals surface area (Å²) >= 11 is 0. The van der Waals surface area contributed by atoms with Gasteiger partial charge in [-0.05, 0) is 26.2 Å². The normalized spacial score (nSPS) is 14.3. The van der Waals surface area contributed by atoms with E-state index in [2.05, 4.69) is 28.8 Å². The summed E-state index contributed by atoms with van der Waals surface area (Å²) in [5.74, 6) is 0.461. The second-order valence-electron chi connectivity index (χ2n) is 4.51. The van der Waals surface area contributed by atoms with Crippen molar-refractivity contribution in [3.8, 4) is 0 Å². The molecule has 0 saturated carbocycles. The molecule has 0 radical (unpaired) electrons. The van der Waals surface area contributed by atoms with Crippen molar-refractivity contribution >= 4 is 10.0 Å².